The third-order valence-electron chi connectivity index (χ3n) is 3.51. The summed E-state index contributed by atoms with van der Waals surface area (Å²) in [5, 5.41) is 17.4. The molecule has 0 saturated heterocycles. The second-order valence-corrected chi connectivity index (χ2v) is 6.30. The predicted octanol–water partition coefficient (Wildman–Crippen LogP) is 3.02. The number of hydrazone groups is 1. The summed E-state index contributed by atoms with van der Waals surface area (Å²) in [4.78, 5) is 34.1. The quantitative estimate of drug-likeness (QED) is 0.288. The molecule has 0 fully saturated rings. The van der Waals surface area contributed by atoms with Crippen molar-refractivity contribution >= 4 is 39.6 Å². The van der Waals surface area contributed by atoms with E-state index in [-0.39, 0.29) is 23.9 Å². The number of carbonyl (C=O) groups is 2. The summed E-state index contributed by atoms with van der Waals surface area (Å²) in [5.74, 6) is -0.572. The van der Waals surface area contributed by atoms with Gasteiger partial charge in [0.1, 0.15) is 0 Å². The molecule has 2 amide bonds. The van der Waals surface area contributed by atoms with E-state index in [1.54, 1.807) is 30.3 Å². The number of nitrogens with one attached hydrogen (secondary N) is 2. The number of hydrogen-bond donors (Lipinski definition) is 2. The number of nitro groups is 1. The van der Waals surface area contributed by atoms with Gasteiger partial charge in [0.15, 0.2) is 0 Å². The highest BCUT2D eigenvalue weighted by atomic mass is 79.9. The first-order valence-corrected chi connectivity index (χ1v) is 8.86. The maximum atomic E-state index is 12.0. The van der Waals surface area contributed by atoms with Crippen molar-refractivity contribution in [1.29, 1.82) is 0 Å². The molecule has 9 heteroatoms. The molecule has 0 radical (unpaired) electrons. The number of benzene rings is 2. The van der Waals surface area contributed by atoms with Crippen molar-refractivity contribution in [3.63, 3.8) is 0 Å². The average Bonchev–Trinajstić information content (AvgIpc) is 2.65. The molecule has 2 aromatic rings. The minimum absolute atomic E-state index is 0.0923. The van der Waals surface area contributed by atoms with Gasteiger partial charge in [0.25, 0.3) is 11.6 Å². The molecule has 0 aliphatic rings. The number of rotatable bonds is 8. The molecule has 2 N–H and O–H groups in total. The fraction of sp³-hybridized carbons (Fsp3) is 0.167. The Morgan fingerprint density at radius 1 is 1.15 bits per heavy atom. The van der Waals surface area contributed by atoms with E-state index in [1.807, 2.05) is 6.07 Å². The van der Waals surface area contributed by atoms with Crippen LogP contribution < -0.4 is 10.7 Å². The monoisotopic (exact) mass is 432 g/mol. The first kappa shape index (κ1) is 20.2. The van der Waals surface area contributed by atoms with Gasteiger partial charge in [-0.25, -0.2) is 5.43 Å². The van der Waals surface area contributed by atoms with Crippen LogP contribution in [0, 0.1) is 10.1 Å². The Labute approximate surface area is 163 Å². The Morgan fingerprint density at radius 2 is 1.85 bits per heavy atom. The summed E-state index contributed by atoms with van der Waals surface area (Å²) < 4.78 is 0.699. The lowest BCUT2D eigenvalue weighted by molar-refractivity contribution is -0.385. The van der Waals surface area contributed by atoms with Gasteiger partial charge in [0, 0.05) is 23.5 Å². The minimum Gasteiger partial charge on any atom is -0.352 e. The molecule has 0 saturated carbocycles. The molecule has 0 bridgehead atoms. The molecule has 2 rings (SSSR count). The lowest BCUT2D eigenvalue weighted by Crippen LogP contribution is -2.26. The normalized spacial score (nSPS) is 10.6. The van der Waals surface area contributed by atoms with E-state index >= 15 is 0 Å². The number of carbonyl (C=O) groups excluding carboxylic acids is 2. The van der Waals surface area contributed by atoms with Crippen LogP contribution in [0.25, 0.3) is 0 Å². The van der Waals surface area contributed by atoms with E-state index in [0.717, 1.165) is 0 Å². The number of hydrogen-bond acceptors (Lipinski definition) is 5. The maximum Gasteiger partial charge on any atom is 0.278 e. The van der Waals surface area contributed by atoms with Crippen LogP contribution in [-0.4, -0.2) is 29.5 Å². The van der Waals surface area contributed by atoms with Gasteiger partial charge in [-0.2, -0.15) is 5.10 Å². The van der Waals surface area contributed by atoms with Gasteiger partial charge in [-0.05, 0) is 40.5 Å². The van der Waals surface area contributed by atoms with Crippen LogP contribution in [0.2, 0.25) is 0 Å². The van der Waals surface area contributed by atoms with Crippen molar-refractivity contribution in [1.82, 2.24) is 10.7 Å². The highest BCUT2D eigenvalue weighted by Gasteiger charge is 2.10. The molecule has 0 heterocycles. The average molecular weight is 433 g/mol. The van der Waals surface area contributed by atoms with Gasteiger partial charge >= 0.3 is 0 Å². The fourth-order valence-electron chi connectivity index (χ4n) is 2.18. The summed E-state index contributed by atoms with van der Waals surface area (Å²) >= 11 is 3.31. The first-order valence-electron chi connectivity index (χ1n) is 8.07. The van der Waals surface area contributed by atoms with Crippen LogP contribution in [0.5, 0.6) is 0 Å². The molecule has 0 aliphatic carbocycles. The molecule has 0 atom stereocenters. The topological polar surface area (TPSA) is 114 Å². The number of halogens is 1. The Hall–Kier alpha value is -3.07. The van der Waals surface area contributed by atoms with Crippen LogP contribution in [-0.2, 0) is 4.79 Å². The lowest BCUT2D eigenvalue weighted by Gasteiger charge is -2.06. The lowest BCUT2D eigenvalue weighted by atomic mass is 10.2. The van der Waals surface area contributed by atoms with Crippen LogP contribution >= 0.6 is 15.9 Å². The second kappa shape index (κ2) is 10.2. The predicted molar refractivity (Wildman–Crippen MR) is 105 cm³/mol. The number of amides is 2. The molecule has 2 aromatic carbocycles. The highest BCUT2D eigenvalue weighted by molar-refractivity contribution is 9.10. The van der Waals surface area contributed by atoms with E-state index in [0.29, 0.717) is 28.6 Å². The fourth-order valence-corrected chi connectivity index (χ4v) is 2.65. The SMILES string of the molecule is O=C(CCCNC(=O)c1ccccc1Br)NN=Cc1ccccc1[N+](=O)[O-]. The zero-order valence-electron chi connectivity index (χ0n) is 14.2. The van der Waals surface area contributed by atoms with Gasteiger partial charge in [-0.15, -0.1) is 0 Å². The van der Waals surface area contributed by atoms with Crippen LogP contribution in [0.15, 0.2) is 58.1 Å². The van der Waals surface area contributed by atoms with Crippen molar-refractivity contribution in [2.45, 2.75) is 12.8 Å². The number of nitrogens with zero attached hydrogens (tertiary/aromatic N) is 2. The standard InChI is InChI=1S/C18H17BrN4O4/c19-15-8-3-2-7-14(15)18(25)20-11-5-10-17(24)22-21-12-13-6-1-4-9-16(13)23(26)27/h1-4,6-9,12H,5,10-11H2,(H,20,25)(H,22,24). The minimum atomic E-state index is -0.517. The van der Waals surface area contributed by atoms with Crippen molar-refractivity contribution in [2.24, 2.45) is 5.10 Å². The first-order chi connectivity index (χ1) is 13.0. The van der Waals surface area contributed by atoms with E-state index in [2.05, 4.69) is 31.8 Å². The van der Waals surface area contributed by atoms with Crippen molar-refractivity contribution in [2.75, 3.05) is 6.54 Å². The summed E-state index contributed by atoms with van der Waals surface area (Å²) in [7, 11) is 0. The van der Waals surface area contributed by atoms with Crippen molar-refractivity contribution in [3.8, 4) is 0 Å². The zero-order valence-corrected chi connectivity index (χ0v) is 15.8. The summed E-state index contributed by atoms with van der Waals surface area (Å²) in [5.41, 5.74) is 3.04. The molecular weight excluding hydrogens is 416 g/mol. The number of nitro benzene ring substituents is 1. The molecule has 0 spiro atoms. The van der Waals surface area contributed by atoms with E-state index in [9.17, 15) is 19.7 Å². The van der Waals surface area contributed by atoms with Crippen LogP contribution in [0.4, 0.5) is 5.69 Å². The molecule has 8 nitrogen and oxygen atoms in total. The highest BCUT2D eigenvalue weighted by Crippen LogP contribution is 2.16. The zero-order chi connectivity index (χ0) is 19.6. The molecule has 27 heavy (non-hydrogen) atoms. The van der Waals surface area contributed by atoms with E-state index in [4.69, 9.17) is 0 Å². The second-order valence-electron chi connectivity index (χ2n) is 5.45. The Morgan fingerprint density at radius 3 is 2.59 bits per heavy atom. The molecule has 140 valence electrons. The molecule has 0 unspecified atom stereocenters. The summed E-state index contributed by atoms with van der Waals surface area (Å²) in [6.45, 7) is 0.335. The summed E-state index contributed by atoms with van der Waals surface area (Å²) in [6.07, 6.45) is 1.82. The Balaban J connectivity index is 1.73. The van der Waals surface area contributed by atoms with Crippen LogP contribution in [0.1, 0.15) is 28.8 Å². The Kier molecular flexibility index (Phi) is 7.63. The maximum absolute atomic E-state index is 12.0. The van der Waals surface area contributed by atoms with E-state index < -0.39 is 4.92 Å². The largest absolute Gasteiger partial charge is 0.352 e. The Bertz CT molecular complexity index is 870. The third-order valence-corrected chi connectivity index (χ3v) is 4.20. The molecule has 0 aliphatic heterocycles. The van der Waals surface area contributed by atoms with Gasteiger partial charge in [-0.3, -0.25) is 19.7 Å². The third kappa shape index (κ3) is 6.30. The van der Waals surface area contributed by atoms with Gasteiger partial charge in [-0.1, -0.05) is 24.3 Å². The summed E-state index contributed by atoms with van der Waals surface area (Å²) in [6, 6.07) is 13.1. The van der Waals surface area contributed by atoms with Gasteiger partial charge < -0.3 is 5.32 Å². The van der Waals surface area contributed by atoms with Crippen molar-refractivity contribution in [3.05, 3.63) is 74.2 Å². The smallest absolute Gasteiger partial charge is 0.278 e. The van der Waals surface area contributed by atoms with Gasteiger partial charge in [0.2, 0.25) is 5.91 Å². The molecule has 0 aromatic heterocycles. The van der Waals surface area contributed by atoms with Crippen LogP contribution in [0.3, 0.4) is 0 Å². The van der Waals surface area contributed by atoms with E-state index in [1.165, 1.54) is 18.3 Å². The van der Waals surface area contributed by atoms with Gasteiger partial charge in [0.05, 0.1) is 22.3 Å². The molecular formula is C18H17BrN4O4. The number of para-hydroxylation sites is 1. The van der Waals surface area contributed by atoms with Crippen molar-refractivity contribution < 1.29 is 14.5 Å².